The Kier molecular flexibility index (Phi) is 5.19. The number of carboxylic acids is 1. The Balaban J connectivity index is 1.64. The molecule has 134 valence electrons. The Morgan fingerprint density at radius 2 is 2.04 bits per heavy atom. The van der Waals surface area contributed by atoms with E-state index in [9.17, 15) is 4.79 Å². The topological polar surface area (TPSA) is 86.5 Å². The first-order valence-corrected chi connectivity index (χ1v) is 8.49. The number of pyridine rings is 1. The summed E-state index contributed by atoms with van der Waals surface area (Å²) >= 11 is 0. The summed E-state index contributed by atoms with van der Waals surface area (Å²) in [5.74, 6) is -0.132. The van der Waals surface area contributed by atoms with Crippen LogP contribution in [-0.4, -0.2) is 34.0 Å². The minimum absolute atomic E-state index is 0.239. The van der Waals surface area contributed by atoms with Crippen LogP contribution in [0.3, 0.4) is 0 Å². The van der Waals surface area contributed by atoms with Crippen LogP contribution in [0, 0.1) is 31.1 Å². The van der Waals surface area contributed by atoms with Crippen molar-refractivity contribution < 1.29 is 14.6 Å². The van der Waals surface area contributed by atoms with Gasteiger partial charge in [0.15, 0.2) is 0 Å². The molecule has 0 atom stereocenters. The van der Waals surface area contributed by atoms with Gasteiger partial charge < -0.3 is 9.84 Å². The van der Waals surface area contributed by atoms with Crippen molar-refractivity contribution in [2.45, 2.75) is 27.0 Å². The fraction of sp³-hybridized carbons (Fsp3) is 0.350. The highest BCUT2D eigenvalue weighted by Crippen LogP contribution is 2.27. The summed E-state index contributed by atoms with van der Waals surface area (Å²) in [5.41, 5.74) is 4.50. The van der Waals surface area contributed by atoms with E-state index in [1.807, 2.05) is 13.8 Å². The van der Waals surface area contributed by atoms with E-state index in [4.69, 9.17) is 15.1 Å². The smallest absolute Gasteiger partial charge is 0.309 e. The highest BCUT2D eigenvalue weighted by atomic mass is 16.5. The zero-order valence-corrected chi connectivity index (χ0v) is 14.9. The number of ether oxygens (including phenoxy) is 1. The molecule has 1 aromatic carbocycles. The third-order valence-corrected chi connectivity index (χ3v) is 4.54. The van der Waals surface area contributed by atoms with Crippen LogP contribution in [0.15, 0.2) is 30.5 Å². The monoisotopic (exact) mass is 351 g/mol. The van der Waals surface area contributed by atoms with Gasteiger partial charge in [-0.2, -0.15) is 5.26 Å². The van der Waals surface area contributed by atoms with Crippen LogP contribution in [0.1, 0.15) is 27.9 Å². The molecule has 0 saturated carbocycles. The lowest BCUT2D eigenvalue weighted by atomic mass is 9.98. The van der Waals surface area contributed by atoms with Crippen LogP contribution in [0.4, 0.5) is 0 Å². The predicted octanol–water partition coefficient (Wildman–Crippen LogP) is 2.67. The molecule has 6 heteroatoms. The zero-order chi connectivity index (χ0) is 18.7. The first-order valence-electron chi connectivity index (χ1n) is 8.49. The van der Waals surface area contributed by atoms with Crippen molar-refractivity contribution in [3.05, 3.63) is 58.4 Å². The molecule has 0 aliphatic carbocycles. The van der Waals surface area contributed by atoms with Crippen LogP contribution in [0.5, 0.6) is 5.75 Å². The molecular weight excluding hydrogens is 330 g/mol. The third-order valence-electron chi connectivity index (χ3n) is 4.54. The van der Waals surface area contributed by atoms with E-state index < -0.39 is 5.97 Å². The van der Waals surface area contributed by atoms with Gasteiger partial charge in [0.05, 0.1) is 23.2 Å². The van der Waals surface area contributed by atoms with Gasteiger partial charge in [-0.25, -0.2) is 0 Å². The molecule has 6 nitrogen and oxygen atoms in total. The van der Waals surface area contributed by atoms with Gasteiger partial charge in [0.2, 0.25) is 0 Å². The molecule has 2 aromatic rings. The van der Waals surface area contributed by atoms with Crippen LogP contribution in [0.2, 0.25) is 0 Å². The summed E-state index contributed by atoms with van der Waals surface area (Å²) < 4.78 is 5.94. The Hall–Kier alpha value is -2.91. The first kappa shape index (κ1) is 17.9. The van der Waals surface area contributed by atoms with Crippen molar-refractivity contribution >= 4 is 5.97 Å². The number of aromatic nitrogens is 1. The molecule has 0 unspecified atom stereocenters. The summed E-state index contributed by atoms with van der Waals surface area (Å²) in [7, 11) is 0. The van der Waals surface area contributed by atoms with Gasteiger partial charge in [0.25, 0.3) is 0 Å². The molecule has 1 fully saturated rings. The number of carbonyl (C=O) groups is 1. The van der Waals surface area contributed by atoms with Gasteiger partial charge >= 0.3 is 5.97 Å². The average Bonchev–Trinajstić information content (AvgIpc) is 2.56. The minimum Gasteiger partial charge on any atom is -0.487 e. The van der Waals surface area contributed by atoms with Gasteiger partial charge in [-0.3, -0.25) is 14.7 Å². The second-order valence-corrected chi connectivity index (χ2v) is 6.72. The molecule has 1 aliphatic heterocycles. The molecule has 1 aliphatic rings. The van der Waals surface area contributed by atoms with Gasteiger partial charge in [-0.15, -0.1) is 0 Å². The van der Waals surface area contributed by atoms with E-state index in [1.54, 1.807) is 18.3 Å². The van der Waals surface area contributed by atoms with E-state index in [1.165, 1.54) is 0 Å². The Labute approximate surface area is 152 Å². The van der Waals surface area contributed by atoms with Crippen LogP contribution >= 0.6 is 0 Å². The average molecular weight is 351 g/mol. The molecule has 0 spiro atoms. The summed E-state index contributed by atoms with van der Waals surface area (Å²) in [5, 5.41) is 17.9. The maximum absolute atomic E-state index is 10.9. The quantitative estimate of drug-likeness (QED) is 0.861. The molecule has 1 saturated heterocycles. The van der Waals surface area contributed by atoms with Crippen LogP contribution in [0.25, 0.3) is 0 Å². The Bertz CT molecular complexity index is 844. The molecule has 1 N–H and O–H groups in total. The highest BCUT2D eigenvalue weighted by Gasteiger charge is 2.32. The van der Waals surface area contributed by atoms with Crippen molar-refractivity contribution in [1.82, 2.24) is 9.88 Å². The maximum atomic E-state index is 10.9. The number of nitrogens with zero attached hydrogens (tertiary/aromatic N) is 3. The highest BCUT2D eigenvalue weighted by molar-refractivity contribution is 5.71. The third kappa shape index (κ3) is 4.01. The van der Waals surface area contributed by atoms with Crippen molar-refractivity contribution in [1.29, 1.82) is 5.26 Å². The van der Waals surface area contributed by atoms with Crippen molar-refractivity contribution in [2.75, 3.05) is 13.1 Å². The molecule has 0 amide bonds. The zero-order valence-electron chi connectivity index (χ0n) is 14.9. The summed E-state index contributed by atoms with van der Waals surface area (Å²) in [4.78, 5) is 17.3. The number of rotatable bonds is 6. The van der Waals surface area contributed by atoms with Gasteiger partial charge in [-0.1, -0.05) is 12.1 Å². The van der Waals surface area contributed by atoms with Crippen molar-refractivity contribution in [2.24, 2.45) is 5.92 Å². The predicted molar refractivity (Wildman–Crippen MR) is 95.6 cm³/mol. The first-order chi connectivity index (χ1) is 12.5. The standard InChI is InChI=1S/C20H21N3O3/c1-13-5-16(9-23-10-17(11-23)20(24)25)6-14(2)19(13)26-12-18-7-15(8-21)3-4-22-18/h3-7,17H,9-12H2,1-2H3,(H,24,25). The Morgan fingerprint density at radius 1 is 1.35 bits per heavy atom. The second kappa shape index (κ2) is 7.54. The molecule has 3 rings (SSSR count). The van der Waals surface area contributed by atoms with Crippen molar-refractivity contribution in [3.63, 3.8) is 0 Å². The van der Waals surface area contributed by atoms with E-state index in [0.717, 1.165) is 29.0 Å². The fourth-order valence-corrected chi connectivity index (χ4v) is 3.25. The van der Waals surface area contributed by atoms with Crippen molar-refractivity contribution in [3.8, 4) is 11.8 Å². The molecule has 0 bridgehead atoms. The van der Waals surface area contributed by atoms with Crippen LogP contribution in [-0.2, 0) is 17.9 Å². The normalized spacial score (nSPS) is 14.5. The van der Waals surface area contributed by atoms with E-state index >= 15 is 0 Å². The van der Waals surface area contributed by atoms with Gasteiger partial charge in [0.1, 0.15) is 12.4 Å². The van der Waals surface area contributed by atoms with E-state index in [0.29, 0.717) is 31.0 Å². The lowest BCUT2D eigenvalue weighted by Gasteiger charge is -2.36. The largest absolute Gasteiger partial charge is 0.487 e. The van der Waals surface area contributed by atoms with E-state index in [-0.39, 0.29) is 5.92 Å². The van der Waals surface area contributed by atoms with E-state index in [2.05, 4.69) is 28.1 Å². The Morgan fingerprint density at radius 3 is 2.65 bits per heavy atom. The number of hydrogen-bond donors (Lipinski definition) is 1. The number of nitriles is 1. The SMILES string of the molecule is Cc1cc(CN2CC(C(=O)O)C2)cc(C)c1OCc1cc(C#N)ccn1. The van der Waals surface area contributed by atoms with Gasteiger partial charge in [0, 0.05) is 25.8 Å². The molecule has 1 aromatic heterocycles. The summed E-state index contributed by atoms with van der Waals surface area (Å²) in [6, 6.07) is 9.65. The fourth-order valence-electron chi connectivity index (χ4n) is 3.25. The number of hydrogen-bond acceptors (Lipinski definition) is 5. The molecule has 0 radical (unpaired) electrons. The minimum atomic E-state index is -0.716. The molecule has 2 heterocycles. The van der Waals surface area contributed by atoms with Gasteiger partial charge in [-0.05, 0) is 42.7 Å². The maximum Gasteiger partial charge on any atom is 0.309 e. The lowest BCUT2D eigenvalue weighted by Crippen LogP contribution is -2.49. The number of aryl methyl sites for hydroxylation is 2. The molecule has 26 heavy (non-hydrogen) atoms. The number of benzene rings is 1. The number of carboxylic acid groups (broad SMARTS) is 1. The second-order valence-electron chi connectivity index (χ2n) is 6.72. The molecular formula is C20H21N3O3. The summed E-state index contributed by atoms with van der Waals surface area (Å²) in [6.45, 7) is 6.27. The van der Waals surface area contributed by atoms with Crippen LogP contribution < -0.4 is 4.74 Å². The summed E-state index contributed by atoms with van der Waals surface area (Å²) in [6.07, 6.45) is 1.61. The number of likely N-dealkylation sites (tertiary alicyclic amines) is 1. The number of aliphatic carboxylic acids is 1. The lowest BCUT2D eigenvalue weighted by molar-refractivity contribution is -0.147.